The summed E-state index contributed by atoms with van der Waals surface area (Å²) in [6.07, 6.45) is 1.73. The van der Waals surface area contributed by atoms with Crippen molar-refractivity contribution in [1.82, 2.24) is 0 Å². The SMILES string of the molecule is CS/C(Nc1ccc(F)cc1)=C1\C(=O)COC1=O. The van der Waals surface area contributed by atoms with Crippen LogP contribution in [0.4, 0.5) is 10.1 Å². The van der Waals surface area contributed by atoms with Crippen LogP contribution in [0.25, 0.3) is 0 Å². The molecule has 1 N–H and O–H groups in total. The maximum Gasteiger partial charge on any atom is 0.345 e. The van der Waals surface area contributed by atoms with E-state index in [1.807, 2.05) is 0 Å². The highest BCUT2D eigenvalue weighted by Crippen LogP contribution is 2.24. The topological polar surface area (TPSA) is 55.4 Å². The molecule has 1 saturated heterocycles. The Hall–Kier alpha value is -1.82. The summed E-state index contributed by atoms with van der Waals surface area (Å²) in [5, 5.41) is 3.32. The number of rotatable bonds is 3. The molecule has 0 radical (unpaired) electrons. The minimum atomic E-state index is -0.626. The van der Waals surface area contributed by atoms with Gasteiger partial charge in [0.05, 0.1) is 5.03 Å². The molecule has 0 saturated carbocycles. The molecule has 1 fully saturated rings. The summed E-state index contributed by atoms with van der Waals surface area (Å²) in [7, 11) is 0. The normalized spacial score (nSPS) is 17.7. The van der Waals surface area contributed by atoms with Crippen molar-refractivity contribution in [1.29, 1.82) is 0 Å². The van der Waals surface area contributed by atoms with Gasteiger partial charge in [0.1, 0.15) is 11.4 Å². The molecule has 4 nitrogen and oxygen atoms in total. The fraction of sp³-hybridized carbons (Fsp3) is 0.167. The first-order valence-corrected chi connectivity index (χ1v) is 6.35. The van der Waals surface area contributed by atoms with Gasteiger partial charge in [-0.3, -0.25) is 4.79 Å². The van der Waals surface area contributed by atoms with Crippen LogP contribution >= 0.6 is 11.8 Å². The third-order valence-electron chi connectivity index (χ3n) is 2.35. The van der Waals surface area contributed by atoms with Gasteiger partial charge in [-0.25, -0.2) is 9.18 Å². The van der Waals surface area contributed by atoms with E-state index in [1.54, 1.807) is 6.26 Å². The van der Waals surface area contributed by atoms with Gasteiger partial charge in [-0.05, 0) is 30.5 Å². The molecule has 0 amide bonds. The molecule has 18 heavy (non-hydrogen) atoms. The lowest BCUT2D eigenvalue weighted by Crippen LogP contribution is -2.09. The molecule has 6 heteroatoms. The van der Waals surface area contributed by atoms with Gasteiger partial charge in [0.2, 0.25) is 5.78 Å². The number of carbonyl (C=O) groups is 2. The van der Waals surface area contributed by atoms with Crippen LogP contribution < -0.4 is 5.32 Å². The van der Waals surface area contributed by atoms with E-state index >= 15 is 0 Å². The Balaban J connectivity index is 2.29. The maximum absolute atomic E-state index is 12.8. The average molecular weight is 267 g/mol. The Labute approximate surface area is 107 Å². The summed E-state index contributed by atoms with van der Waals surface area (Å²) >= 11 is 1.23. The zero-order valence-electron chi connectivity index (χ0n) is 9.53. The largest absolute Gasteiger partial charge is 0.454 e. The average Bonchev–Trinajstić information content (AvgIpc) is 2.69. The minimum absolute atomic E-state index is 0.0202. The van der Waals surface area contributed by atoms with E-state index in [0.29, 0.717) is 10.7 Å². The Kier molecular flexibility index (Phi) is 3.66. The number of thioether (sulfide) groups is 1. The summed E-state index contributed by atoms with van der Waals surface area (Å²) in [6.45, 7) is -0.219. The van der Waals surface area contributed by atoms with Crippen LogP contribution in [0.15, 0.2) is 34.9 Å². The number of ether oxygens (including phenoxy) is 1. The number of nitrogens with one attached hydrogen (secondary N) is 1. The third kappa shape index (κ3) is 2.53. The number of halogens is 1. The number of hydrogen-bond donors (Lipinski definition) is 1. The standard InChI is InChI=1S/C12H10FNO3S/c1-18-11(10-9(15)6-17-12(10)16)14-8-4-2-7(13)3-5-8/h2-5,14H,6H2,1H3/b11-10+. The van der Waals surface area contributed by atoms with Crippen LogP contribution in [0.2, 0.25) is 0 Å². The number of hydrogen-bond acceptors (Lipinski definition) is 5. The summed E-state index contributed by atoms with van der Waals surface area (Å²) in [5.74, 6) is -1.33. The van der Waals surface area contributed by atoms with Crippen LogP contribution in [0.1, 0.15) is 0 Å². The van der Waals surface area contributed by atoms with Crippen molar-refractivity contribution in [2.75, 3.05) is 18.2 Å². The summed E-state index contributed by atoms with van der Waals surface area (Å²) in [5.41, 5.74) is 0.618. The first-order valence-electron chi connectivity index (χ1n) is 5.13. The highest BCUT2D eigenvalue weighted by Gasteiger charge is 2.31. The molecule has 1 aromatic carbocycles. The summed E-state index contributed by atoms with van der Waals surface area (Å²) in [4.78, 5) is 22.9. The van der Waals surface area contributed by atoms with Crippen molar-refractivity contribution in [2.24, 2.45) is 0 Å². The molecule has 0 aliphatic carbocycles. The van der Waals surface area contributed by atoms with Crippen LogP contribution in [-0.2, 0) is 14.3 Å². The molecule has 0 unspecified atom stereocenters. The lowest BCUT2D eigenvalue weighted by atomic mass is 10.2. The molecule has 1 heterocycles. The molecule has 94 valence electrons. The molecule has 0 spiro atoms. The number of Topliss-reactive ketones (excluding diaryl/α,β-unsaturated/α-hetero) is 1. The number of cyclic esters (lactones) is 1. The fourth-order valence-electron chi connectivity index (χ4n) is 1.49. The second-order valence-corrected chi connectivity index (χ2v) is 4.36. The van der Waals surface area contributed by atoms with Crippen molar-refractivity contribution >= 4 is 29.2 Å². The molecule has 1 aliphatic heterocycles. The van der Waals surface area contributed by atoms with Crippen molar-refractivity contribution < 1.29 is 18.7 Å². The zero-order chi connectivity index (χ0) is 13.1. The molecular formula is C12H10FNO3S. The van der Waals surface area contributed by atoms with Crippen molar-refractivity contribution in [3.8, 4) is 0 Å². The van der Waals surface area contributed by atoms with E-state index in [9.17, 15) is 14.0 Å². The number of esters is 1. The first kappa shape index (κ1) is 12.6. The Morgan fingerprint density at radius 2 is 2.00 bits per heavy atom. The molecule has 0 aromatic heterocycles. The van der Waals surface area contributed by atoms with Crippen molar-refractivity contribution in [2.45, 2.75) is 0 Å². The monoisotopic (exact) mass is 267 g/mol. The lowest BCUT2D eigenvalue weighted by Gasteiger charge is -2.09. The summed E-state index contributed by atoms with van der Waals surface area (Å²) in [6, 6.07) is 5.63. The quantitative estimate of drug-likeness (QED) is 0.515. The Morgan fingerprint density at radius 1 is 1.33 bits per heavy atom. The number of ketones is 1. The van der Waals surface area contributed by atoms with E-state index < -0.39 is 5.97 Å². The van der Waals surface area contributed by atoms with Gasteiger partial charge in [-0.1, -0.05) is 0 Å². The molecule has 0 bridgehead atoms. The van der Waals surface area contributed by atoms with Crippen LogP contribution in [-0.4, -0.2) is 24.6 Å². The smallest absolute Gasteiger partial charge is 0.345 e. The van der Waals surface area contributed by atoms with E-state index in [2.05, 4.69) is 10.1 Å². The molecule has 0 atom stereocenters. The van der Waals surface area contributed by atoms with Gasteiger partial charge < -0.3 is 10.1 Å². The molecule has 2 rings (SSSR count). The number of anilines is 1. The molecular weight excluding hydrogens is 257 g/mol. The highest BCUT2D eigenvalue weighted by atomic mass is 32.2. The Bertz CT molecular complexity index is 507. The van der Waals surface area contributed by atoms with Crippen molar-refractivity contribution in [3.63, 3.8) is 0 Å². The van der Waals surface area contributed by atoms with Gasteiger partial charge in [0.15, 0.2) is 6.61 Å². The minimum Gasteiger partial charge on any atom is -0.454 e. The fourth-order valence-corrected chi connectivity index (χ4v) is 2.11. The van der Waals surface area contributed by atoms with Gasteiger partial charge in [0, 0.05) is 5.69 Å². The van der Waals surface area contributed by atoms with Crippen LogP contribution in [0.3, 0.4) is 0 Å². The Morgan fingerprint density at radius 3 is 2.50 bits per heavy atom. The van der Waals surface area contributed by atoms with Gasteiger partial charge >= 0.3 is 5.97 Å². The van der Waals surface area contributed by atoms with E-state index in [4.69, 9.17) is 0 Å². The predicted octanol–water partition coefficient (Wildman–Crippen LogP) is 1.94. The molecule has 1 aliphatic rings. The summed E-state index contributed by atoms with van der Waals surface area (Å²) < 4.78 is 17.4. The van der Waals surface area contributed by atoms with Crippen LogP contribution in [0.5, 0.6) is 0 Å². The van der Waals surface area contributed by atoms with Gasteiger partial charge in [-0.15, -0.1) is 11.8 Å². The van der Waals surface area contributed by atoms with E-state index in [1.165, 1.54) is 36.0 Å². The molecule has 1 aromatic rings. The van der Waals surface area contributed by atoms with Gasteiger partial charge in [0.25, 0.3) is 0 Å². The maximum atomic E-state index is 12.8. The second kappa shape index (κ2) is 5.22. The van der Waals surface area contributed by atoms with Crippen molar-refractivity contribution in [3.05, 3.63) is 40.7 Å². The van der Waals surface area contributed by atoms with Crippen LogP contribution in [0, 0.1) is 5.82 Å². The second-order valence-electron chi connectivity index (χ2n) is 3.54. The number of carbonyl (C=O) groups excluding carboxylic acids is 2. The zero-order valence-corrected chi connectivity index (χ0v) is 10.3. The van der Waals surface area contributed by atoms with Gasteiger partial charge in [-0.2, -0.15) is 0 Å². The first-order chi connectivity index (χ1) is 8.61. The highest BCUT2D eigenvalue weighted by molar-refractivity contribution is 8.02. The predicted molar refractivity (Wildman–Crippen MR) is 66.5 cm³/mol. The number of benzene rings is 1. The van der Waals surface area contributed by atoms with E-state index in [0.717, 1.165) is 0 Å². The van der Waals surface area contributed by atoms with E-state index in [-0.39, 0.29) is 23.8 Å². The third-order valence-corrected chi connectivity index (χ3v) is 3.07. The lowest BCUT2D eigenvalue weighted by molar-refractivity contribution is -0.135.